The fourth-order valence-electron chi connectivity index (χ4n) is 2.90. The largest absolute Gasteiger partial charge is 0.492 e. The zero-order chi connectivity index (χ0) is 21.2. The van der Waals surface area contributed by atoms with E-state index in [2.05, 4.69) is 28.2 Å². The molecule has 156 valence electrons. The maximum Gasteiger partial charge on any atom is 0.255 e. The first kappa shape index (κ1) is 21.9. The van der Waals surface area contributed by atoms with E-state index in [1.807, 2.05) is 60.7 Å². The van der Waals surface area contributed by atoms with Crippen molar-refractivity contribution in [3.05, 3.63) is 82.8 Å². The van der Waals surface area contributed by atoms with E-state index in [0.29, 0.717) is 23.6 Å². The lowest BCUT2D eigenvalue weighted by Gasteiger charge is -2.11. The number of carbonyl (C=O) groups excluding carboxylic acids is 1. The number of para-hydroxylation sites is 1. The Bertz CT molecular complexity index is 942. The molecular formula is C25H26BrNO3. The zero-order valence-corrected chi connectivity index (χ0v) is 18.7. The molecule has 0 aliphatic rings. The van der Waals surface area contributed by atoms with E-state index in [1.54, 1.807) is 12.1 Å². The fraction of sp³-hybridized carbons (Fsp3) is 0.240. The van der Waals surface area contributed by atoms with Crippen molar-refractivity contribution in [1.82, 2.24) is 0 Å². The van der Waals surface area contributed by atoms with Gasteiger partial charge in [0.2, 0.25) is 0 Å². The molecule has 3 rings (SSSR count). The van der Waals surface area contributed by atoms with Crippen molar-refractivity contribution in [3.63, 3.8) is 0 Å². The van der Waals surface area contributed by atoms with Gasteiger partial charge in [-0.05, 0) is 76.9 Å². The number of anilines is 1. The van der Waals surface area contributed by atoms with Crippen molar-refractivity contribution in [2.24, 2.45) is 0 Å². The highest BCUT2D eigenvalue weighted by atomic mass is 79.9. The Kier molecular flexibility index (Phi) is 8.33. The number of hydrogen-bond acceptors (Lipinski definition) is 3. The molecule has 5 heteroatoms. The summed E-state index contributed by atoms with van der Waals surface area (Å²) in [4.78, 5) is 12.6. The van der Waals surface area contributed by atoms with Crippen molar-refractivity contribution in [2.75, 3.05) is 11.9 Å². The Balaban J connectivity index is 1.54. The molecule has 30 heavy (non-hydrogen) atoms. The Morgan fingerprint density at radius 1 is 0.900 bits per heavy atom. The summed E-state index contributed by atoms with van der Waals surface area (Å²) < 4.78 is 12.4. The molecule has 1 N–H and O–H groups in total. The van der Waals surface area contributed by atoms with E-state index in [9.17, 15) is 4.79 Å². The average molecular weight is 468 g/mol. The first-order chi connectivity index (χ1) is 14.7. The predicted molar refractivity (Wildman–Crippen MR) is 125 cm³/mol. The molecule has 3 aromatic rings. The second-order valence-electron chi connectivity index (χ2n) is 6.95. The van der Waals surface area contributed by atoms with Crippen LogP contribution in [-0.4, -0.2) is 12.5 Å². The second-order valence-corrected chi connectivity index (χ2v) is 7.80. The first-order valence-electron chi connectivity index (χ1n) is 10.2. The molecular weight excluding hydrogens is 442 g/mol. The Morgan fingerprint density at radius 3 is 2.33 bits per heavy atom. The number of benzene rings is 3. The minimum absolute atomic E-state index is 0.179. The number of amides is 1. The van der Waals surface area contributed by atoms with Gasteiger partial charge >= 0.3 is 0 Å². The Morgan fingerprint density at radius 2 is 1.63 bits per heavy atom. The summed E-state index contributed by atoms with van der Waals surface area (Å²) in [5.74, 6) is 2.06. The van der Waals surface area contributed by atoms with Crippen LogP contribution in [0.25, 0.3) is 0 Å². The molecule has 4 nitrogen and oxygen atoms in total. The van der Waals surface area contributed by atoms with Gasteiger partial charge in [0.25, 0.3) is 5.91 Å². The highest BCUT2D eigenvalue weighted by Crippen LogP contribution is 2.27. The monoisotopic (exact) mass is 467 g/mol. The Labute approximate surface area is 186 Å². The zero-order valence-electron chi connectivity index (χ0n) is 17.1. The molecule has 0 fully saturated rings. The maximum absolute atomic E-state index is 12.6. The van der Waals surface area contributed by atoms with Crippen LogP contribution in [0.15, 0.2) is 77.3 Å². The topological polar surface area (TPSA) is 47.6 Å². The van der Waals surface area contributed by atoms with E-state index >= 15 is 0 Å². The molecule has 0 bridgehead atoms. The van der Waals surface area contributed by atoms with Crippen LogP contribution < -0.4 is 14.8 Å². The average Bonchev–Trinajstić information content (AvgIpc) is 2.76. The SMILES string of the molecule is CCCCCCOc1ccc(C(=O)Nc2ccc(Oc3ccccc3)cc2)cc1Br. The smallest absolute Gasteiger partial charge is 0.255 e. The van der Waals surface area contributed by atoms with Gasteiger partial charge in [0.1, 0.15) is 17.2 Å². The van der Waals surface area contributed by atoms with Crippen LogP contribution in [0.4, 0.5) is 5.69 Å². The molecule has 0 unspecified atom stereocenters. The summed E-state index contributed by atoms with van der Waals surface area (Å²) in [7, 11) is 0. The number of unbranched alkanes of at least 4 members (excludes halogenated alkanes) is 3. The van der Waals surface area contributed by atoms with Gasteiger partial charge in [0.15, 0.2) is 0 Å². The third-order valence-electron chi connectivity index (χ3n) is 4.54. The van der Waals surface area contributed by atoms with Crippen LogP contribution in [0, 0.1) is 0 Å². The molecule has 0 atom stereocenters. The molecule has 0 heterocycles. The molecule has 0 aliphatic heterocycles. The number of carbonyl (C=O) groups is 1. The van der Waals surface area contributed by atoms with Gasteiger partial charge in [0, 0.05) is 11.3 Å². The van der Waals surface area contributed by atoms with Gasteiger partial charge in [0.05, 0.1) is 11.1 Å². The van der Waals surface area contributed by atoms with Crippen molar-refractivity contribution in [3.8, 4) is 17.2 Å². The molecule has 1 amide bonds. The standard InChI is InChI=1S/C25H26BrNO3/c1-2-3-4-8-17-29-24-16-11-19(18-23(24)26)25(28)27-20-12-14-22(15-13-20)30-21-9-6-5-7-10-21/h5-7,9-16,18H,2-4,8,17H2,1H3,(H,27,28). The van der Waals surface area contributed by atoms with E-state index in [4.69, 9.17) is 9.47 Å². The third-order valence-corrected chi connectivity index (χ3v) is 5.16. The molecule has 0 saturated heterocycles. The van der Waals surface area contributed by atoms with Gasteiger partial charge in [-0.2, -0.15) is 0 Å². The van der Waals surface area contributed by atoms with E-state index < -0.39 is 0 Å². The van der Waals surface area contributed by atoms with Crippen molar-refractivity contribution in [1.29, 1.82) is 0 Å². The van der Waals surface area contributed by atoms with Gasteiger partial charge in [-0.3, -0.25) is 4.79 Å². The van der Waals surface area contributed by atoms with Crippen LogP contribution in [0.3, 0.4) is 0 Å². The number of nitrogens with one attached hydrogen (secondary N) is 1. The highest BCUT2D eigenvalue weighted by molar-refractivity contribution is 9.10. The summed E-state index contributed by atoms with van der Waals surface area (Å²) in [6.45, 7) is 2.87. The first-order valence-corrected chi connectivity index (χ1v) is 11.0. The van der Waals surface area contributed by atoms with E-state index in [0.717, 1.165) is 22.4 Å². The molecule has 0 spiro atoms. The quantitative estimate of drug-likeness (QED) is 0.314. The number of rotatable bonds is 10. The number of ether oxygens (including phenoxy) is 2. The predicted octanol–water partition coefficient (Wildman–Crippen LogP) is 7.45. The normalized spacial score (nSPS) is 10.5. The maximum atomic E-state index is 12.6. The van der Waals surface area contributed by atoms with Crippen molar-refractivity contribution < 1.29 is 14.3 Å². The molecule has 0 saturated carbocycles. The molecule has 0 aliphatic carbocycles. The van der Waals surface area contributed by atoms with E-state index in [-0.39, 0.29) is 5.91 Å². The van der Waals surface area contributed by atoms with Gasteiger partial charge in [-0.25, -0.2) is 0 Å². The fourth-order valence-corrected chi connectivity index (χ4v) is 3.40. The Hall–Kier alpha value is -2.79. The lowest BCUT2D eigenvalue weighted by Crippen LogP contribution is -2.12. The minimum Gasteiger partial charge on any atom is -0.492 e. The van der Waals surface area contributed by atoms with Gasteiger partial charge in [-0.15, -0.1) is 0 Å². The van der Waals surface area contributed by atoms with Gasteiger partial charge in [-0.1, -0.05) is 44.4 Å². The number of halogens is 1. The van der Waals surface area contributed by atoms with Gasteiger partial charge < -0.3 is 14.8 Å². The van der Waals surface area contributed by atoms with E-state index in [1.165, 1.54) is 19.3 Å². The lowest BCUT2D eigenvalue weighted by molar-refractivity contribution is 0.102. The van der Waals surface area contributed by atoms with Crippen molar-refractivity contribution >= 4 is 27.5 Å². The summed E-state index contributed by atoms with van der Waals surface area (Å²) in [5, 5.41) is 2.91. The highest BCUT2D eigenvalue weighted by Gasteiger charge is 2.10. The minimum atomic E-state index is -0.179. The van der Waals surface area contributed by atoms with Crippen LogP contribution >= 0.6 is 15.9 Å². The summed E-state index contributed by atoms with van der Waals surface area (Å²) in [5.41, 5.74) is 1.26. The lowest BCUT2D eigenvalue weighted by atomic mass is 10.2. The molecule has 0 radical (unpaired) electrons. The second kappa shape index (κ2) is 11.4. The molecule has 0 aromatic heterocycles. The number of hydrogen-bond donors (Lipinski definition) is 1. The van der Waals surface area contributed by atoms with Crippen LogP contribution in [0.2, 0.25) is 0 Å². The van der Waals surface area contributed by atoms with Crippen LogP contribution in [0.5, 0.6) is 17.2 Å². The third kappa shape index (κ3) is 6.63. The summed E-state index contributed by atoms with van der Waals surface area (Å²) >= 11 is 3.50. The van der Waals surface area contributed by atoms with Crippen molar-refractivity contribution in [2.45, 2.75) is 32.6 Å². The summed E-state index contributed by atoms with van der Waals surface area (Å²) in [6, 6.07) is 22.2. The molecule has 3 aromatic carbocycles. The van der Waals surface area contributed by atoms with Crippen LogP contribution in [0.1, 0.15) is 43.0 Å². The van der Waals surface area contributed by atoms with Crippen LogP contribution in [-0.2, 0) is 0 Å². The summed E-state index contributed by atoms with van der Waals surface area (Å²) in [6.07, 6.45) is 4.63.